The minimum absolute atomic E-state index is 0.0550. The summed E-state index contributed by atoms with van der Waals surface area (Å²) < 4.78 is 0. The summed E-state index contributed by atoms with van der Waals surface area (Å²) in [6.45, 7) is 3.00. The van der Waals surface area contributed by atoms with E-state index in [1.807, 2.05) is 66.4 Å². The van der Waals surface area contributed by atoms with E-state index in [0.717, 1.165) is 32.6 Å². The predicted molar refractivity (Wildman–Crippen MR) is 138 cm³/mol. The topological polar surface area (TPSA) is 75.2 Å². The number of aryl methyl sites for hydroxylation is 1. The summed E-state index contributed by atoms with van der Waals surface area (Å²) in [5.41, 5.74) is 1.76. The summed E-state index contributed by atoms with van der Waals surface area (Å²) in [4.78, 5) is 38.4. The van der Waals surface area contributed by atoms with Gasteiger partial charge in [-0.15, -0.1) is 11.3 Å². The first-order valence-electron chi connectivity index (χ1n) is 11.7. The number of aromatic nitrogens is 2. The molecule has 2 aromatic carbocycles. The summed E-state index contributed by atoms with van der Waals surface area (Å²) >= 11 is 7.71. The van der Waals surface area contributed by atoms with Crippen molar-refractivity contribution in [3.63, 3.8) is 0 Å². The van der Waals surface area contributed by atoms with Crippen LogP contribution in [0, 0.1) is 18.8 Å². The van der Waals surface area contributed by atoms with Crippen molar-refractivity contribution in [2.24, 2.45) is 11.8 Å². The summed E-state index contributed by atoms with van der Waals surface area (Å²) in [5, 5.41) is 6.30. The van der Waals surface area contributed by atoms with Crippen molar-refractivity contribution < 1.29 is 9.59 Å². The normalized spacial score (nSPS) is 20.6. The Balaban J connectivity index is 1.23. The lowest BCUT2D eigenvalue weighted by Gasteiger charge is -2.27. The molecule has 1 aliphatic carbocycles. The van der Waals surface area contributed by atoms with Crippen molar-refractivity contribution in [3.05, 3.63) is 82.2 Å². The highest BCUT2D eigenvalue weighted by molar-refractivity contribution is 7.15. The van der Waals surface area contributed by atoms with Gasteiger partial charge in [-0.1, -0.05) is 48.0 Å². The Morgan fingerprint density at radius 3 is 2.86 bits per heavy atom. The minimum Gasteiger partial charge on any atom is -0.349 e. The number of halogens is 1. The molecular formula is C27H23ClN4O2S. The zero-order chi connectivity index (χ0) is 24.1. The standard InChI is InChI=1S/C27H23ClN4O2S/c1-15-31-24(25(35-15)17-6-4-7-19(28)11-17)27(34)32-14-18-12-21(18)22(32)13-30-26(33)23-20-8-3-2-5-16(20)9-10-29-23/h2-11,18,21-22H,12-14H2,1H3,(H,30,33)/t18-,21-,22-/m1/s1. The first kappa shape index (κ1) is 22.2. The molecule has 176 valence electrons. The fraction of sp³-hybridized carbons (Fsp3) is 0.259. The number of hydrogen-bond donors (Lipinski definition) is 1. The first-order chi connectivity index (χ1) is 17.0. The number of nitrogens with zero attached hydrogens (tertiary/aromatic N) is 3. The van der Waals surface area contributed by atoms with Gasteiger partial charge in [0, 0.05) is 29.7 Å². The summed E-state index contributed by atoms with van der Waals surface area (Å²) in [5.74, 6) is 0.599. The number of rotatable bonds is 5. The highest BCUT2D eigenvalue weighted by Crippen LogP contribution is 2.50. The van der Waals surface area contributed by atoms with Gasteiger partial charge in [0.25, 0.3) is 11.8 Å². The van der Waals surface area contributed by atoms with Gasteiger partial charge >= 0.3 is 0 Å². The van der Waals surface area contributed by atoms with E-state index in [1.54, 1.807) is 6.20 Å². The molecule has 3 atom stereocenters. The van der Waals surface area contributed by atoms with Gasteiger partial charge in [-0.25, -0.2) is 4.98 Å². The number of carbonyl (C=O) groups excluding carboxylic acids is 2. The number of hydrogen-bond acceptors (Lipinski definition) is 5. The summed E-state index contributed by atoms with van der Waals surface area (Å²) in [6.07, 6.45) is 2.75. The number of nitrogens with one attached hydrogen (secondary N) is 1. The van der Waals surface area contributed by atoms with E-state index < -0.39 is 0 Å². The molecule has 2 aliphatic rings. The number of pyridine rings is 1. The monoisotopic (exact) mass is 502 g/mol. The largest absolute Gasteiger partial charge is 0.349 e. The molecule has 1 saturated carbocycles. The maximum absolute atomic E-state index is 13.7. The Morgan fingerprint density at radius 1 is 1.14 bits per heavy atom. The second-order valence-corrected chi connectivity index (χ2v) is 10.8. The van der Waals surface area contributed by atoms with Gasteiger partial charge in [-0.2, -0.15) is 0 Å². The second-order valence-electron chi connectivity index (χ2n) is 9.20. The van der Waals surface area contributed by atoms with Crippen LogP contribution in [0.3, 0.4) is 0 Å². The van der Waals surface area contributed by atoms with Gasteiger partial charge in [0.05, 0.1) is 15.9 Å². The molecule has 2 amide bonds. The van der Waals surface area contributed by atoms with E-state index >= 15 is 0 Å². The fourth-order valence-electron chi connectivity index (χ4n) is 5.18. The molecule has 1 aliphatic heterocycles. The van der Waals surface area contributed by atoms with Gasteiger partial charge in [-0.05, 0) is 54.3 Å². The lowest BCUT2D eigenvalue weighted by molar-refractivity contribution is 0.0690. The predicted octanol–water partition coefficient (Wildman–Crippen LogP) is 5.21. The van der Waals surface area contributed by atoms with E-state index in [2.05, 4.69) is 15.3 Å². The second kappa shape index (κ2) is 8.73. The molecule has 6 rings (SSSR count). The molecule has 4 aromatic rings. The maximum atomic E-state index is 13.7. The molecule has 3 heterocycles. The lowest BCUT2D eigenvalue weighted by Crippen LogP contribution is -2.46. The molecule has 0 radical (unpaired) electrons. The number of thiazole rings is 1. The van der Waals surface area contributed by atoms with Gasteiger partial charge in [0.15, 0.2) is 0 Å². The Morgan fingerprint density at radius 2 is 2.00 bits per heavy atom. The zero-order valence-electron chi connectivity index (χ0n) is 19.1. The number of carbonyl (C=O) groups is 2. The number of benzene rings is 2. The molecule has 8 heteroatoms. The zero-order valence-corrected chi connectivity index (χ0v) is 20.6. The molecule has 6 nitrogen and oxygen atoms in total. The van der Waals surface area contributed by atoms with E-state index in [9.17, 15) is 9.59 Å². The van der Waals surface area contributed by atoms with E-state index in [0.29, 0.717) is 41.3 Å². The van der Waals surface area contributed by atoms with Crippen LogP contribution in [0.4, 0.5) is 0 Å². The van der Waals surface area contributed by atoms with E-state index in [-0.39, 0.29) is 17.9 Å². The van der Waals surface area contributed by atoms with Crippen molar-refractivity contribution >= 4 is 45.5 Å². The highest BCUT2D eigenvalue weighted by atomic mass is 35.5. The number of amides is 2. The molecule has 0 bridgehead atoms. The van der Waals surface area contributed by atoms with Gasteiger partial charge < -0.3 is 10.2 Å². The van der Waals surface area contributed by atoms with Crippen LogP contribution in [-0.4, -0.2) is 45.8 Å². The molecular weight excluding hydrogens is 480 g/mol. The molecule has 1 N–H and O–H groups in total. The first-order valence-corrected chi connectivity index (χ1v) is 12.9. The Bertz CT molecular complexity index is 1460. The third-order valence-corrected chi connectivity index (χ3v) is 8.20. The molecule has 2 fully saturated rings. The van der Waals surface area contributed by atoms with Crippen LogP contribution in [0.25, 0.3) is 21.2 Å². The van der Waals surface area contributed by atoms with E-state index in [4.69, 9.17) is 11.6 Å². The number of piperidine rings is 1. The van der Waals surface area contributed by atoms with Crippen LogP contribution >= 0.6 is 22.9 Å². The van der Waals surface area contributed by atoms with Crippen LogP contribution in [0.2, 0.25) is 5.02 Å². The Kier molecular flexibility index (Phi) is 5.54. The highest BCUT2D eigenvalue weighted by Gasteiger charge is 2.54. The molecule has 35 heavy (non-hydrogen) atoms. The molecule has 0 unspecified atom stereocenters. The SMILES string of the molecule is Cc1nc(C(=O)N2C[C@H]3C[C@H]3[C@H]2CNC(=O)c2nccc3ccccc23)c(-c2cccc(Cl)c2)s1. The van der Waals surface area contributed by atoms with Crippen molar-refractivity contribution in [2.75, 3.05) is 13.1 Å². The summed E-state index contributed by atoms with van der Waals surface area (Å²) in [7, 11) is 0. The smallest absolute Gasteiger partial charge is 0.274 e. The quantitative estimate of drug-likeness (QED) is 0.406. The van der Waals surface area contributed by atoms with Crippen molar-refractivity contribution in [1.29, 1.82) is 0 Å². The van der Waals surface area contributed by atoms with Gasteiger partial charge in [0.2, 0.25) is 0 Å². The van der Waals surface area contributed by atoms with Crippen LogP contribution < -0.4 is 5.32 Å². The Labute approximate surface area is 212 Å². The number of fused-ring (bicyclic) bond motifs is 2. The average molecular weight is 503 g/mol. The van der Waals surface area contributed by atoms with E-state index in [1.165, 1.54) is 11.3 Å². The third-order valence-electron chi connectivity index (χ3n) is 6.95. The van der Waals surface area contributed by atoms with Crippen LogP contribution in [0.5, 0.6) is 0 Å². The Hall–Kier alpha value is -3.29. The fourth-order valence-corrected chi connectivity index (χ4v) is 6.28. The van der Waals surface area contributed by atoms with Gasteiger partial charge in [-0.3, -0.25) is 14.6 Å². The summed E-state index contributed by atoms with van der Waals surface area (Å²) in [6, 6.07) is 17.1. The lowest BCUT2D eigenvalue weighted by atomic mass is 10.1. The van der Waals surface area contributed by atoms with Crippen molar-refractivity contribution in [3.8, 4) is 10.4 Å². The average Bonchev–Trinajstić information content (AvgIpc) is 3.38. The van der Waals surface area contributed by atoms with Crippen LogP contribution in [-0.2, 0) is 0 Å². The van der Waals surface area contributed by atoms with Crippen LogP contribution in [0.15, 0.2) is 60.8 Å². The minimum atomic E-state index is -0.220. The third kappa shape index (κ3) is 4.09. The molecule has 1 saturated heterocycles. The van der Waals surface area contributed by atoms with Crippen LogP contribution in [0.1, 0.15) is 32.4 Å². The molecule has 0 spiro atoms. The maximum Gasteiger partial charge on any atom is 0.274 e. The van der Waals surface area contributed by atoms with Gasteiger partial charge in [0.1, 0.15) is 11.4 Å². The number of likely N-dealkylation sites (tertiary alicyclic amines) is 1. The van der Waals surface area contributed by atoms with Crippen molar-refractivity contribution in [1.82, 2.24) is 20.2 Å². The molecule has 2 aromatic heterocycles. The van der Waals surface area contributed by atoms with Crippen molar-refractivity contribution in [2.45, 2.75) is 19.4 Å².